The van der Waals surface area contributed by atoms with Crippen LogP contribution >= 0.6 is 0 Å². The molecule has 0 spiro atoms. The third kappa shape index (κ3) is 9.28. The van der Waals surface area contributed by atoms with Gasteiger partial charge in [-0.15, -0.1) is 0 Å². The molecule has 7 heteroatoms. The molecule has 1 heterocycles. The van der Waals surface area contributed by atoms with Gasteiger partial charge in [-0.25, -0.2) is 8.42 Å². The second kappa shape index (κ2) is 22.5. The fourth-order valence-corrected chi connectivity index (χ4v) is 19.0. The molecule has 0 amide bonds. The lowest BCUT2D eigenvalue weighted by molar-refractivity contribution is 0.602. The Labute approximate surface area is 586 Å². The third-order valence-corrected chi connectivity index (χ3v) is 25.4. The molecule has 3 aliphatic carbocycles. The molecule has 0 unspecified atom stereocenters. The van der Waals surface area contributed by atoms with Crippen LogP contribution in [-0.4, -0.2) is 22.7 Å². The lowest BCUT2D eigenvalue weighted by Crippen LogP contribution is -2.37. The van der Waals surface area contributed by atoms with Gasteiger partial charge in [0.2, 0.25) is 0 Å². The van der Waals surface area contributed by atoms with Gasteiger partial charge in [-0.2, -0.15) is 0 Å². The maximum absolute atomic E-state index is 13.4. The van der Waals surface area contributed by atoms with E-state index in [0.29, 0.717) is 0 Å². The van der Waals surface area contributed by atoms with Crippen molar-refractivity contribution in [2.45, 2.75) is 68.5 Å². The SMILES string of the molecule is CC1(C)c2cc(-c3ccccc3)ccc2-c2ccc(N(c3ccc(S(C)(=O)=O)cc3)c3cc4c(c5ccccc35)-c3c(cc(N(c5ccc([Si](C)(C)C)cc5)c5ccc6c(c5)C(C)(C)c5cc(-c7ccccc7)ccc5-6)c5c3oc3ccccc35)C4(c3ccccc3)c3ccccc3)cc21. The third-order valence-electron chi connectivity index (χ3n) is 22.2. The van der Waals surface area contributed by atoms with Gasteiger partial charge in [-0.1, -0.05) is 265 Å². The topological polar surface area (TPSA) is 53.8 Å². The smallest absolute Gasteiger partial charge is 0.175 e. The minimum atomic E-state index is -3.54. The van der Waals surface area contributed by atoms with Crippen LogP contribution < -0.4 is 15.0 Å². The number of fused-ring (bicyclic) bond motifs is 15. The van der Waals surface area contributed by atoms with Crippen LogP contribution in [0.4, 0.5) is 34.1 Å². The predicted molar refractivity (Wildman–Crippen MR) is 420 cm³/mol. The molecular weight excluding hydrogens is 1250 g/mol. The molecule has 0 bridgehead atoms. The van der Waals surface area contributed by atoms with Crippen LogP contribution in [0.3, 0.4) is 0 Å². The number of para-hydroxylation sites is 1. The van der Waals surface area contributed by atoms with Crippen molar-refractivity contribution in [2.24, 2.45) is 0 Å². The van der Waals surface area contributed by atoms with Crippen LogP contribution in [0.2, 0.25) is 19.6 Å². The van der Waals surface area contributed by atoms with Gasteiger partial charge in [0.25, 0.3) is 0 Å². The first kappa shape index (κ1) is 61.3. The summed E-state index contributed by atoms with van der Waals surface area (Å²) in [6, 6.07) is 111. The van der Waals surface area contributed by atoms with Gasteiger partial charge in [-0.05, 0) is 191 Å². The van der Waals surface area contributed by atoms with Crippen molar-refractivity contribution in [2.75, 3.05) is 16.1 Å². The van der Waals surface area contributed by atoms with E-state index in [4.69, 9.17) is 4.42 Å². The van der Waals surface area contributed by atoms with Crippen molar-refractivity contribution >= 4 is 89.9 Å². The summed E-state index contributed by atoms with van der Waals surface area (Å²) >= 11 is 0. The van der Waals surface area contributed by atoms with E-state index < -0.39 is 23.3 Å². The molecule has 0 saturated heterocycles. The van der Waals surface area contributed by atoms with Gasteiger partial charge in [0.05, 0.1) is 35.1 Å². The normalized spacial score (nSPS) is 14.3. The van der Waals surface area contributed by atoms with E-state index in [-0.39, 0.29) is 15.7 Å². The lowest BCUT2D eigenvalue weighted by Gasteiger charge is -2.36. The van der Waals surface area contributed by atoms with E-state index in [1.807, 2.05) is 12.1 Å². The average molecular weight is 1330 g/mol. The molecule has 1 aromatic heterocycles. The minimum Gasteiger partial charge on any atom is -0.455 e. The molecule has 18 rings (SSSR count). The first-order chi connectivity index (χ1) is 48.4. The van der Waals surface area contributed by atoms with Crippen LogP contribution in [0.25, 0.3) is 88.3 Å². The number of benzene rings is 14. The molecule has 0 atom stereocenters. The maximum Gasteiger partial charge on any atom is 0.175 e. The highest BCUT2D eigenvalue weighted by molar-refractivity contribution is 7.90. The minimum absolute atomic E-state index is 0.259. The summed E-state index contributed by atoms with van der Waals surface area (Å²) in [6.45, 7) is 16.7. The quantitative estimate of drug-likeness (QED) is 0.114. The molecule has 0 radical (unpaired) electrons. The molecule has 100 heavy (non-hydrogen) atoms. The second-order valence-corrected chi connectivity index (χ2v) is 36.8. The van der Waals surface area contributed by atoms with Gasteiger partial charge in [0.1, 0.15) is 11.2 Å². The summed E-state index contributed by atoms with van der Waals surface area (Å²) < 4.78 is 34.5. The maximum atomic E-state index is 13.4. The van der Waals surface area contributed by atoms with Crippen molar-refractivity contribution in [3.8, 4) is 55.6 Å². The average Bonchev–Trinajstić information content (AvgIpc) is 1.50. The fraction of sp³-hybridized carbons (Fsp3) is 0.118. The first-order valence-corrected chi connectivity index (χ1v) is 40.1. The Morgan fingerprint density at radius 2 is 0.750 bits per heavy atom. The van der Waals surface area contributed by atoms with Crippen molar-refractivity contribution in [3.63, 3.8) is 0 Å². The Hall–Kier alpha value is -11.1. The Kier molecular flexibility index (Phi) is 13.8. The monoisotopic (exact) mass is 1330 g/mol. The van der Waals surface area contributed by atoms with Gasteiger partial charge in [0, 0.05) is 56.2 Å². The van der Waals surface area contributed by atoms with E-state index >= 15 is 0 Å². The molecule has 0 saturated carbocycles. The summed E-state index contributed by atoms with van der Waals surface area (Å²) in [4.78, 5) is 5.16. The van der Waals surface area contributed by atoms with Gasteiger partial charge < -0.3 is 14.2 Å². The summed E-state index contributed by atoms with van der Waals surface area (Å²) in [5, 5.41) is 5.54. The number of rotatable bonds is 12. The van der Waals surface area contributed by atoms with Crippen LogP contribution in [0.15, 0.2) is 313 Å². The van der Waals surface area contributed by atoms with Crippen molar-refractivity contribution in [1.82, 2.24) is 0 Å². The largest absolute Gasteiger partial charge is 0.455 e. The number of nitrogens with zero attached hydrogens (tertiary/aromatic N) is 2. The summed E-state index contributed by atoms with van der Waals surface area (Å²) in [5.74, 6) is 0. The zero-order chi connectivity index (χ0) is 68.2. The molecule has 5 nitrogen and oxygen atoms in total. The molecule has 14 aromatic carbocycles. The van der Waals surface area contributed by atoms with E-state index in [2.05, 4.69) is 336 Å². The highest BCUT2D eigenvalue weighted by Gasteiger charge is 2.50. The molecular formula is C93H74N2O3SSi. The van der Waals surface area contributed by atoms with Crippen molar-refractivity contribution < 1.29 is 12.8 Å². The summed E-state index contributed by atoms with van der Waals surface area (Å²) in [6.07, 6.45) is 1.28. The van der Waals surface area contributed by atoms with Crippen molar-refractivity contribution in [1.29, 1.82) is 0 Å². The number of sulfone groups is 1. The van der Waals surface area contributed by atoms with Crippen LogP contribution in [0, 0.1) is 0 Å². The summed E-state index contributed by atoms with van der Waals surface area (Å²) in [5.41, 5.74) is 27.2. The van der Waals surface area contributed by atoms with Gasteiger partial charge >= 0.3 is 0 Å². The fourth-order valence-electron chi connectivity index (χ4n) is 17.2. The molecule has 15 aromatic rings. The van der Waals surface area contributed by atoms with E-state index in [9.17, 15) is 8.42 Å². The Bertz CT molecular complexity index is 5920. The highest BCUT2D eigenvalue weighted by atomic mass is 32.2. The second-order valence-electron chi connectivity index (χ2n) is 29.7. The molecule has 0 fully saturated rings. The van der Waals surface area contributed by atoms with E-state index in [1.165, 1.54) is 78.2 Å². The number of hydrogen-bond donors (Lipinski definition) is 0. The first-order valence-electron chi connectivity index (χ1n) is 34.7. The Balaban J connectivity index is 0.921. The van der Waals surface area contributed by atoms with Gasteiger partial charge in [-0.3, -0.25) is 0 Å². The van der Waals surface area contributed by atoms with Crippen molar-refractivity contribution in [3.05, 3.63) is 348 Å². The summed E-state index contributed by atoms with van der Waals surface area (Å²) in [7, 11) is -5.29. The standard InChI is InChI=1S/C93H74N2O3SSi/c1-91(2)78-53-61(59-25-13-9-14-26-59)37-49-71(78)73-51-43-67(55-80(73)91)94(65-39-45-69(46-40-65)99(5,96)97)84-57-82-87(76-34-22-21-33-75(76)84)89-83(93(82,63-29-17-11-18-30-63)64-31-19-12-20-32-64)58-85(88-77-35-23-24-36-86(77)98-90(88)89)95(66-41-47-70(48-42-66)100(6,7)8)68-44-52-74-72-50-38-62(60-27-15-10-16-28-60)54-79(72)92(3,4)81(74)56-68/h9-58H,1-8H3. The zero-order valence-corrected chi connectivity index (χ0v) is 59.2. The molecule has 0 N–H and O–H groups in total. The predicted octanol–water partition coefficient (Wildman–Crippen LogP) is 23.9. The van der Waals surface area contributed by atoms with Crippen LogP contribution in [-0.2, 0) is 26.1 Å². The molecule has 3 aliphatic rings. The zero-order valence-electron chi connectivity index (χ0n) is 57.4. The molecule has 0 aliphatic heterocycles. The Morgan fingerprint density at radius 3 is 1.25 bits per heavy atom. The van der Waals surface area contributed by atoms with Crippen LogP contribution in [0.5, 0.6) is 0 Å². The Morgan fingerprint density at radius 1 is 0.350 bits per heavy atom. The molecule has 484 valence electrons. The highest BCUT2D eigenvalue weighted by Crippen LogP contribution is 2.64. The lowest BCUT2D eigenvalue weighted by atomic mass is 9.67. The number of anilines is 6. The number of hydrogen-bond acceptors (Lipinski definition) is 5. The van der Waals surface area contributed by atoms with Crippen LogP contribution in [0.1, 0.15) is 72.2 Å². The van der Waals surface area contributed by atoms with Gasteiger partial charge in [0.15, 0.2) is 9.84 Å². The van der Waals surface area contributed by atoms with E-state index in [0.717, 1.165) is 100 Å². The van der Waals surface area contributed by atoms with E-state index in [1.54, 1.807) is 12.1 Å². The number of furan rings is 1.